The zero-order chi connectivity index (χ0) is 24.7. The Hall–Kier alpha value is -3.50. The second-order valence-corrected chi connectivity index (χ2v) is 10.5. The summed E-state index contributed by atoms with van der Waals surface area (Å²) in [4.78, 5) is 21.6. The Labute approximate surface area is 206 Å². The first-order valence-corrected chi connectivity index (χ1v) is 12.8. The molecule has 1 fully saturated rings. The van der Waals surface area contributed by atoms with Crippen molar-refractivity contribution in [3.63, 3.8) is 0 Å². The fraction of sp³-hybridized carbons (Fsp3) is 0.208. The number of nitrogens with zero attached hydrogens (tertiary/aromatic N) is 3. The van der Waals surface area contributed by atoms with Crippen LogP contribution in [-0.4, -0.2) is 28.7 Å². The number of carbonyl (C=O) groups is 1. The van der Waals surface area contributed by atoms with Crippen LogP contribution in [0.5, 0.6) is 0 Å². The number of benzene rings is 2. The molecule has 2 heterocycles. The molecule has 0 atom stereocenters. The van der Waals surface area contributed by atoms with Gasteiger partial charge in [-0.1, -0.05) is 24.4 Å². The van der Waals surface area contributed by atoms with Crippen molar-refractivity contribution in [1.29, 1.82) is 0 Å². The minimum Gasteiger partial charge on any atom is -0.383 e. The Morgan fingerprint density at radius 2 is 1.83 bits per heavy atom. The van der Waals surface area contributed by atoms with E-state index in [1.165, 1.54) is 30.6 Å². The largest absolute Gasteiger partial charge is 0.383 e. The summed E-state index contributed by atoms with van der Waals surface area (Å²) in [5.74, 6) is -0.683. The quantitative estimate of drug-likeness (QED) is 0.352. The normalized spacial score (nSPS) is 14.5. The maximum absolute atomic E-state index is 13.4. The lowest BCUT2D eigenvalue weighted by molar-refractivity contribution is 0.104. The van der Waals surface area contributed by atoms with E-state index in [0.717, 1.165) is 43.9 Å². The molecule has 2 aromatic heterocycles. The summed E-state index contributed by atoms with van der Waals surface area (Å²) in [7, 11) is -4.06. The van der Waals surface area contributed by atoms with Crippen LogP contribution >= 0.6 is 11.6 Å². The number of nitrogens with two attached hydrogens (primary N) is 1. The van der Waals surface area contributed by atoms with Crippen molar-refractivity contribution >= 4 is 49.9 Å². The second kappa shape index (κ2) is 8.94. The number of carbonyl (C=O) groups excluding carboxylic acids is 1. The highest BCUT2D eigenvalue weighted by Gasteiger charge is 2.26. The van der Waals surface area contributed by atoms with Gasteiger partial charge in [0.2, 0.25) is 0 Å². The minimum atomic E-state index is -4.06. The molecule has 1 aliphatic rings. The number of sulfonamides is 1. The number of aromatic nitrogens is 3. The highest BCUT2D eigenvalue weighted by atomic mass is 35.5. The third-order valence-corrected chi connectivity index (χ3v) is 8.05. The maximum atomic E-state index is 13.4. The van der Waals surface area contributed by atoms with Crippen LogP contribution in [0.2, 0.25) is 5.02 Å². The summed E-state index contributed by atoms with van der Waals surface area (Å²) >= 11 is 5.90. The molecule has 1 saturated carbocycles. The van der Waals surface area contributed by atoms with Gasteiger partial charge in [-0.25, -0.2) is 22.8 Å². The van der Waals surface area contributed by atoms with E-state index in [-0.39, 0.29) is 33.2 Å². The summed E-state index contributed by atoms with van der Waals surface area (Å²) in [5.41, 5.74) is 7.73. The van der Waals surface area contributed by atoms with Gasteiger partial charge in [-0.05, 0) is 55.3 Å². The van der Waals surface area contributed by atoms with Crippen LogP contribution in [0, 0.1) is 5.82 Å². The van der Waals surface area contributed by atoms with E-state index in [4.69, 9.17) is 17.3 Å². The van der Waals surface area contributed by atoms with Crippen molar-refractivity contribution in [2.45, 2.75) is 36.6 Å². The number of nitrogen functional groups attached to an aromatic ring is 1. The first-order valence-electron chi connectivity index (χ1n) is 11.0. The Morgan fingerprint density at radius 3 is 2.51 bits per heavy atom. The van der Waals surface area contributed by atoms with Crippen LogP contribution in [0.1, 0.15) is 47.6 Å². The number of hydrogen-bond acceptors (Lipinski definition) is 6. The van der Waals surface area contributed by atoms with E-state index < -0.39 is 15.8 Å². The Morgan fingerprint density at radius 1 is 1.11 bits per heavy atom. The number of hydrogen-bond donors (Lipinski definition) is 2. The van der Waals surface area contributed by atoms with Gasteiger partial charge in [0.05, 0.1) is 16.0 Å². The van der Waals surface area contributed by atoms with Gasteiger partial charge in [0, 0.05) is 23.5 Å². The van der Waals surface area contributed by atoms with E-state index >= 15 is 0 Å². The Bertz CT molecular complexity index is 1550. The summed E-state index contributed by atoms with van der Waals surface area (Å²) < 4.78 is 43.0. The third kappa shape index (κ3) is 4.35. The molecular formula is C24H21ClFN5O3S. The highest BCUT2D eigenvalue weighted by molar-refractivity contribution is 7.92. The molecular weight excluding hydrogens is 493 g/mol. The molecule has 180 valence electrons. The van der Waals surface area contributed by atoms with Crippen LogP contribution in [0.15, 0.2) is 59.9 Å². The smallest absolute Gasteiger partial charge is 0.263 e. The van der Waals surface area contributed by atoms with E-state index in [9.17, 15) is 17.6 Å². The summed E-state index contributed by atoms with van der Waals surface area (Å²) in [5, 5.41) is 0.280. The van der Waals surface area contributed by atoms with E-state index in [1.807, 2.05) is 4.57 Å². The summed E-state index contributed by atoms with van der Waals surface area (Å²) in [6.07, 6.45) is 7.44. The fourth-order valence-electron chi connectivity index (χ4n) is 4.49. The molecule has 0 unspecified atom stereocenters. The average molecular weight is 514 g/mol. The topological polar surface area (TPSA) is 120 Å². The fourth-order valence-corrected chi connectivity index (χ4v) is 6.08. The number of rotatable bonds is 6. The lowest BCUT2D eigenvalue weighted by Crippen LogP contribution is -2.13. The molecule has 5 rings (SSSR count). The Balaban J connectivity index is 1.45. The Kier molecular flexibility index (Phi) is 5.94. The first kappa shape index (κ1) is 23.3. The standard InChI is InChI=1S/C24H21ClFN5O3S/c25-19-11-15(26)7-10-20(19)35(33,34)30-16-8-5-14(6-9-16)22(32)18-12-31(17-3-1-2-4-17)24-21(18)23(27)28-13-29-24/h5-13,17,30H,1-4H2,(H2,27,28,29). The molecule has 0 bridgehead atoms. The van der Waals surface area contributed by atoms with Crippen LogP contribution in [-0.2, 0) is 10.0 Å². The van der Waals surface area contributed by atoms with Crippen LogP contribution in [0.25, 0.3) is 11.0 Å². The molecule has 8 nitrogen and oxygen atoms in total. The summed E-state index contributed by atoms with van der Waals surface area (Å²) in [6, 6.07) is 9.26. The van der Waals surface area contributed by atoms with Gasteiger partial charge < -0.3 is 10.3 Å². The lowest BCUT2D eigenvalue weighted by atomic mass is 10.0. The van der Waals surface area contributed by atoms with Crippen molar-refractivity contribution in [3.8, 4) is 0 Å². The number of anilines is 2. The molecule has 35 heavy (non-hydrogen) atoms. The monoisotopic (exact) mass is 513 g/mol. The van der Waals surface area contributed by atoms with Crippen molar-refractivity contribution in [1.82, 2.24) is 14.5 Å². The molecule has 3 N–H and O–H groups in total. The van der Waals surface area contributed by atoms with E-state index in [1.54, 1.807) is 6.20 Å². The van der Waals surface area contributed by atoms with Gasteiger partial charge in [0.1, 0.15) is 28.5 Å². The number of fused-ring (bicyclic) bond motifs is 1. The van der Waals surface area contributed by atoms with Gasteiger partial charge in [0.15, 0.2) is 5.78 Å². The molecule has 0 aliphatic heterocycles. The predicted molar refractivity (Wildman–Crippen MR) is 132 cm³/mol. The summed E-state index contributed by atoms with van der Waals surface area (Å²) in [6.45, 7) is 0. The van der Waals surface area contributed by atoms with Gasteiger partial charge in [-0.3, -0.25) is 9.52 Å². The average Bonchev–Trinajstić information content (AvgIpc) is 3.47. The molecule has 0 saturated heterocycles. The lowest BCUT2D eigenvalue weighted by Gasteiger charge is -2.12. The molecule has 0 radical (unpaired) electrons. The maximum Gasteiger partial charge on any atom is 0.263 e. The zero-order valence-corrected chi connectivity index (χ0v) is 20.0. The molecule has 11 heteroatoms. The van der Waals surface area contributed by atoms with Crippen molar-refractivity contribution in [2.75, 3.05) is 10.5 Å². The molecule has 4 aromatic rings. The second-order valence-electron chi connectivity index (χ2n) is 8.43. The predicted octanol–water partition coefficient (Wildman–Crippen LogP) is 4.95. The SMILES string of the molecule is Nc1ncnc2c1c(C(=O)c1ccc(NS(=O)(=O)c3ccc(F)cc3Cl)cc1)cn2C1CCCC1. The first-order chi connectivity index (χ1) is 16.7. The van der Waals surface area contributed by atoms with Gasteiger partial charge in [0.25, 0.3) is 10.0 Å². The van der Waals surface area contributed by atoms with Crippen LogP contribution < -0.4 is 10.5 Å². The number of ketones is 1. The zero-order valence-electron chi connectivity index (χ0n) is 18.4. The molecule has 0 amide bonds. The van der Waals surface area contributed by atoms with Crippen molar-refractivity contribution in [2.24, 2.45) is 0 Å². The van der Waals surface area contributed by atoms with Crippen molar-refractivity contribution in [3.05, 3.63) is 77.0 Å². The number of halogens is 2. The highest BCUT2D eigenvalue weighted by Crippen LogP contribution is 2.35. The third-order valence-electron chi connectivity index (χ3n) is 6.18. The van der Waals surface area contributed by atoms with Crippen LogP contribution in [0.3, 0.4) is 0 Å². The van der Waals surface area contributed by atoms with Gasteiger partial charge in [-0.2, -0.15) is 0 Å². The van der Waals surface area contributed by atoms with Gasteiger partial charge in [-0.15, -0.1) is 0 Å². The van der Waals surface area contributed by atoms with E-state index in [2.05, 4.69) is 14.7 Å². The minimum absolute atomic E-state index is 0.221. The van der Waals surface area contributed by atoms with Gasteiger partial charge >= 0.3 is 0 Å². The number of nitrogens with one attached hydrogen (secondary N) is 1. The van der Waals surface area contributed by atoms with Crippen molar-refractivity contribution < 1.29 is 17.6 Å². The molecule has 1 aliphatic carbocycles. The molecule has 0 spiro atoms. The van der Waals surface area contributed by atoms with E-state index in [0.29, 0.717) is 22.2 Å². The molecule has 2 aromatic carbocycles. The van der Waals surface area contributed by atoms with Crippen LogP contribution in [0.4, 0.5) is 15.9 Å².